The summed E-state index contributed by atoms with van der Waals surface area (Å²) in [5.41, 5.74) is -3.02. The lowest BCUT2D eigenvalue weighted by molar-refractivity contribution is -0.203. The molecule has 170 valence electrons. The molecule has 32 heavy (non-hydrogen) atoms. The molecule has 2 aromatic rings. The summed E-state index contributed by atoms with van der Waals surface area (Å²) in [7, 11) is 0.785. The van der Waals surface area contributed by atoms with E-state index < -0.39 is 23.7 Å². The van der Waals surface area contributed by atoms with Crippen LogP contribution in [-0.2, 0) is 22.4 Å². The highest BCUT2D eigenvalue weighted by molar-refractivity contribution is 7.16. The summed E-state index contributed by atoms with van der Waals surface area (Å²) in [6.07, 6.45) is -1.48. The Bertz CT molecular complexity index is 1060. The van der Waals surface area contributed by atoms with E-state index in [0.29, 0.717) is 18.4 Å². The molecule has 0 bridgehead atoms. The number of benzene rings is 1. The van der Waals surface area contributed by atoms with Crippen molar-refractivity contribution in [1.82, 2.24) is 5.32 Å². The van der Waals surface area contributed by atoms with Crippen LogP contribution in [0.25, 0.3) is 0 Å². The number of nitriles is 1. The molecular formula is C21H19ClF3N3O3S. The van der Waals surface area contributed by atoms with E-state index in [2.05, 4.69) is 10.1 Å². The van der Waals surface area contributed by atoms with E-state index >= 15 is 0 Å². The number of ether oxygens (including phenoxy) is 1. The molecule has 1 aliphatic carbocycles. The number of carbonyl (C=O) groups is 2. The van der Waals surface area contributed by atoms with E-state index in [9.17, 15) is 28.0 Å². The second kappa shape index (κ2) is 9.38. The molecule has 11 heteroatoms. The smallest absolute Gasteiger partial charge is 0.441 e. The third kappa shape index (κ3) is 4.54. The van der Waals surface area contributed by atoms with Gasteiger partial charge in [-0.3, -0.25) is 4.79 Å². The fourth-order valence-corrected chi connectivity index (χ4v) is 4.93. The number of nitrogens with zero attached hydrogens (tertiary/aromatic N) is 1. The second-order valence-corrected chi connectivity index (χ2v) is 8.75. The summed E-state index contributed by atoms with van der Waals surface area (Å²) in [5, 5.41) is 13.7. The number of amides is 1. The Morgan fingerprint density at radius 2 is 1.81 bits per heavy atom. The molecule has 1 amide bonds. The Morgan fingerprint density at radius 1 is 1.16 bits per heavy atom. The molecule has 0 aliphatic heterocycles. The lowest BCUT2D eigenvalue weighted by Crippen LogP contribution is -2.69. The molecule has 0 fully saturated rings. The molecule has 0 saturated heterocycles. The third-order valence-corrected chi connectivity index (χ3v) is 6.62. The summed E-state index contributed by atoms with van der Waals surface area (Å²) in [6, 6.07) is 7.08. The van der Waals surface area contributed by atoms with Crippen LogP contribution in [0.15, 0.2) is 24.3 Å². The average Bonchev–Trinajstić information content (AvgIpc) is 2.90. The second-order valence-electron chi connectivity index (χ2n) is 7.21. The molecule has 6 nitrogen and oxygen atoms in total. The fraction of sp³-hybridized carbons (Fsp3) is 0.381. The maximum Gasteiger partial charge on any atom is 0.441 e. The van der Waals surface area contributed by atoms with Gasteiger partial charge in [0, 0.05) is 15.5 Å². The molecule has 0 saturated carbocycles. The number of carbonyl (C=O) groups excluding carboxylic acids is 2. The van der Waals surface area contributed by atoms with E-state index in [1.807, 2.05) is 6.07 Å². The summed E-state index contributed by atoms with van der Waals surface area (Å²) in [4.78, 5) is 25.9. The number of esters is 1. The van der Waals surface area contributed by atoms with Crippen molar-refractivity contribution in [1.29, 1.82) is 5.26 Å². The van der Waals surface area contributed by atoms with Crippen LogP contribution >= 0.6 is 22.9 Å². The van der Waals surface area contributed by atoms with Crippen LogP contribution in [0, 0.1) is 11.3 Å². The molecule has 1 aliphatic rings. The lowest BCUT2D eigenvalue weighted by Gasteiger charge is -2.34. The normalized spacial score (nSPS) is 15.5. The Hall–Kier alpha value is -2.77. The van der Waals surface area contributed by atoms with Crippen molar-refractivity contribution in [3.63, 3.8) is 0 Å². The average molecular weight is 486 g/mol. The van der Waals surface area contributed by atoms with Crippen LogP contribution < -0.4 is 10.6 Å². The summed E-state index contributed by atoms with van der Waals surface area (Å²) < 4.78 is 47.5. The van der Waals surface area contributed by atoms with E-state index in [1.54, 1.807) is 5.32 Å². The number of halogens is 4. The molecule has 1 atom stereocenters. The lowest BCUT2D eigenvalue weighted by atomic mass is 10.0. The minimum atomic E-state index is -5.30. The number of hydrogen-bond acceptors (Lipinski definition) is 6. The van der Waals surface area contributed by atoms with Crippen molar-refractivity contribution in [2.75, 3.05) is 12.4 Å². The maximum absolute atomic E-state index is 14.3. The van der Waals surface area contributed by atoms with Gasteiger partial charge in [-0.1, -0.05) is 18.0 Å². The number of hydrogen-bond donors (Lipinski definition) is 2. The van der Waals surface area contributed by atoms with Crippen molar-refractivity contribution in [3.05, 3.63) is 50.9 Å². The van der Waals surface area contributed by atoms with Gasteiger partial charge in [0.1, 0.15) is 11.1 Å². The highest BCUT2D eigenvalue weighted by atomic mass is 35.5. The van der Waals surface area contributed by atoms with Gasteiger partial charge in [0.2, 0.25) is 0 Å². The standard InChI is InChI=1S/C21H19ClF3N3O3S/c1-31-19(30)20(21(23,24)25,27-17(29)12-7-9-13(22)10-8-12)28-18-15(11-26)14-5-3-2-4-6-16(14)32-18/h7-10,28H,2-6H2,1H3,(H,27,29). The quantitative estimate of drug-likeness (QED) is 0.360. The van der Waals surface area contributed by atoms with Gasteiger partial charge in [0.15, 0.2) is 0 Å². The largest absolute Gasteiger partial charge is 0.466 e. The van der Waals surface area contributed by atoms with Crippen molar-refractivity contribution < 1.29 is 27.5 Å². The van der Waals surface area contributed by atoms with Crippen molar-refractivity contribution in [2.24, 2.45) is 0 Å². The minimum absolute atomic E-state index is 0.0465. The van der Waals surface area contributed by atoms with E-state index in [-0.39, 0.29) is 21.2 Å². The molecule has 3 rings (SSSR count). The predicted molar refractivity (Wildman–Crippen MR) is 114 cm³/mol. The zero-order valence-electron chi connectivity index (χ0n) is 16.9. The Labute approximate surface area is 191 Å². The number of rotatable bonds is 5. The molecule has 1 aromatic heterocycles. The van der Waals surface area contributed by atoms with Gasteiger partial charge in [-0.15, -0.1) is 11.3 Å². The molecule has 0 radical (unpaired) electrons. The SMILES string of the molecule is COC(=O)C(NC(=O)c1ccc(Cl)cc1)(Nc1sc2c(c1C#N)CCCCC2)C(F)(F)F. The third-order valence-electron chi connectivity index (χ3n) is 5.16. The molecule has 1 unspecified atom stereocenters. The Balaban J connectivity index is 2.08. The monoisotopic (exact) mass is 485 g/mol. The van der Waals surface area contributed by atoms with Gasteiger partial charge in [0.25, 0.3) is 5.91 Å². The van der Waals surface area contributed by atoms with Gasteiger partial charge in [-0.2, -0.15) is 18.4 Å². The van der Waals surface area contributed by atoms with Gasteiger partial charge < -0.3 is 15.4 Å². The molecule has 2 N–H and O–H groups in total. The van der Waals surface area contributed by atoms with Crippen molar-refractivity contribution >= 4 is 39.8 Å². The minimum Gasteiger partial charge on any atom is -0.466 e. The summed E-state index contributed by atoms with van der Waals surface area (Å²) >= 11 is 6.75. The van der Waals surface area contributed by atoms with Crippen LogP contribution in [0.5, 0.6) is 0 Å². The van der Waals surface area contributed by atoms with Crippen LogP contribution in [-0.4, -0.2) is 30.8 Å². The van der Waals surface area contributed by atoms with Crippen LogP contribution in [0.2, 0.25) is 5.02 Å². The number of aryl methyl sites for hydroxylation is 1. The number of thiophene rings is 1. The van der Waals surface area contributed by atoms with E-state index in [0.717, 1.165) is 42.6 Å². The molecule has 1 aromatic carbocycles. The van der Waals surface area contributed by atoms with Gasteiger partial charge >= 0.3 is 17.8 Å². The first-order valence-corrected chi connectivity index (χ1v) is 10.9. The van der Waals surface area contributed by atoms with Crippen LogP contribution in [0.1, 0.15) is 45.6 Å². The number of fused-ring (bicyclic) bond motifs is 1. The maximum atomic E-state index is 14.3. The van der Waals surface area contributed by atoms with Gasteiger partial charge in [-0.25, -0.2) is 4.79 Å². The van der Waals surface area contributed by atoms with E-state index in [4.69, 9.17) is 11.6 Å². The number of alkyl halides is 3. The van der Waals surface area contributed by atoms with Crippen molar-refractivity contribution in [3.8, 4) is 6.07 Å². The molecule has 1 heterocycles. The Morgan fingerprint density at radius 3 is 2.41 bits per heavy atom. The fourth-order valence-electron chi connectivity index (χ4n) is 3.51. The molecule has 0 spiro atoms. The van der Waals surface area contributed by atoms with Gasteiger partial charge in [-0.05, 0) is 55.5 Å². The topological polar surface area (TPSA) is 91.2 Å². The van der Waals surface area contributed by atoms with Crippen LogP contribution in [0.4, 0.5) is 18.2 Å². The first-order valence-electron chi connectivity index (χ1n) is 9.69. The number of methoxy groups -OCH3 is 1. The van der Waals surface area contributed by atoms with E-state index in [1.165, 1.54) is 24.3 Å². The first kappa shape index (κ1) is 23.9. The number of anilines is 1. The summed E-state index contributed by atoms with van der Waals surface area (Å²) in [6.45, 7) is 0. The van der Waals surface area contributed by atoms with Gasteiger partial charge in [0.05, 0.1) is 12.7 Å². The summed E-state index contributed by atoms with van der Waals surface area (Å²) in [5.74, 6) is -2.94. The number of nitrogens with one attached hydrogen (secondary N) is 2. The van der Waals surface area contributed by atoms with Crippen LogP contribution in [0.3, 0.4) is 0 Å². The zero-order chi connectivity index (χ0) is 23.5. The highest BCUT2D eigenvalue weighted by Crippen LogP contribution is 2.41. The predicted octanol–water partition coefficient (Wildman–Crippen LogP) is 4.82. The highest BCUT2D eigenvalue weighted by Gasteiger charge is 2.64. The first-order chi connectivity index (χ1) is 15.1. The zero-order valence-corrected chi connectivity index (χ0v) is 18.5. The Kier molecular flexibility index (Phi) is 7.00. The van der Waals surface area contributed by atoms with Crippen molar-refractivity contribution in [2.45, 2.75) is 43.9 Å². The molecular weight excluding hydrogens is 467 g/mol.